The number of rotatable bonds is 5. The Kier molecular flexibility index (Phi) is 6.28. The van der Waals surface area contributed by atoms with Crippen molar-refractivity contribution in [3.8, 4) is 0 Å². The SMILES string of the molecule is Cc1cc(C)c(Nc2ccc(C=C(c3ccccc3)c3ccc(C)c(C)c3)cc2)c(C)c1. The van der Waals surface area contributed by atoms with E-state index in [-0.39, 0.29) is 0 Å². The zero-order chi connectivity index (χ0) is 22.7. The van der Waals surface area contributed by atoms with Gasteiger partial charge in [-0.3, -0.25) is 0 Å². The number of hydrogen-bond acceptors (Lipinski definition) is 1. The summed E-state index contributed by atoms with van der Waals surface area (Å²) >= 11 is 0. The van der Waals surface area contributed by atoms with Crippen LogP contribution in [0.5, 0.6) is 0 Å². The van der Waals surface area contributed by atoms with E-state index in [4.69, 9.17) is 0 Å². The van der Waals surface area contributed by atoms with Gasteiger partial charge in [0.2, 0.25) is 0 Å². The van der Waals surface area contributed by atoms with Crippen LogP contribution in [0.15, 0.2) is 84.9 Å². The maximum atomic E-state index is 3.60. The Balaban J connectivity index is 1.68. The molecule has 0 fully saturated rings. The van der Waals surface area contributed by atoms with Gasteiger partial charge in [0.25, 0.3) is 0 Å². The summed E-state index contributed by atoms with van der Waals surface area (Å²) in [6.07, 6.45) is 2.28. The summed E-state index contributed by atoms with van der Waals surface area (Å²) in [4.78, 5) is 0. The van der Waals surface area contributed by atoms with Crippen LogP contribution in [-0.2, 0) is 0 Å². The number of hydrogen-bond donors (Lipinski definition) is 1. The smallest absolute Gasteiger partial charge is 0.0443 e. The molecular weight excluding hydrogens is 386 g/mol. The van der Waals surface area contributed by atoms with E-state index in [1.54, 1.807) is 0 Å². The van der Waals surface area contributed by atoms with Gasteiger partial charge in [0.05, 0.1) is 0 Å². The molecular formula is C31H31N. The van der Waals surface area contributed by atoms with Gasteiger partial charge in [-0.25, -0.2) is 0 Å². The van der Waals surface area contributed by atoms with Crippen LogP contribution in [0.25, 0.3) is 11.6 Å². The average Bonchev–Trinajstić information content (AvgIpc) is 2.78. The maximum Gasteiger partial charge on any atom is 0.0443 e. The average molecular weight is 418 g/mol. The molecule has 0 amide bonds. The summed E-state index contributed by atoms with van der Waals surface area (Å²) in [6, 6.07) is 30.5. The van der Waals surface area contributed by atoms with Crippen LogP contribution in [0.2, 0.25) is 0 Å². The van der Waals surface area contributed by atoms with Gasteiger partial charge >= 0.3 is 0 Å². The summed E-state index contributed by atoms with van der Waals surface area (Å²) in [6.45, 7) is 10.8. The highest BCUT2D eigenvalue weighted by Crippen LogP contribution is 2.29. The van der Waals surface area contributed by atoms with Gasteiger partial charge < -0.3 is 5.32 Å². The van der Waals surface area contributed by atoms with Gasteiger partial charge in [0.15, 0.2) is 0 Å². The van der Waals surface area contributed by atoms with Crippen LogP contribution >= 0.6 is 0 Å². The highest BCUT2D eigenvalue weighted by molar-refractivity contribution is 5.91. The number of aryl methyl sites for hydroxylation is 5. The van der Waals surface area contributed by atoms with Crippen molar-refractivity contribution in [3.05, 3.63) is 129 Å². The van der Waals surface area contributed by atoms with Crippen molar-refractivity contribution in [1.82, 2.24) is 0 Å². The Morgan fingerprint density at radius 3 is 1.88 bits per heavy atom. The third-order valence-corrected chi connectivity index (χ3v) is 6.07. The van der Waals surface area contributed by atoms with E-state index in [0.29, 0.717) is 0 Å². The molecule has 160 valence electrons. The third-order valence-electron chi connectivity index (χ3n) is 6.07. The first-order chi connectivity index (χ1) is 15.4. The minimum atomic E-state index is 1.10. The van der Waals surface area contributed by atoms with Crippen molar-refractivity contribution < 1.29 is 0 Å². The van der Waals surface area contributed by atoms with Crippen molar-refractivity contribution in [2.24, 2.45) is 0 Å². The highest BCUT2D eigenvalue weighted by atomic mass is 14.9. The second-order valence-electron chi connectivity index (χ2n) is 8.74. The van der Waals surface area contributed by atoms with Crippen LogP contribution in [0.1, 0.15) is 44.5 Å². The monoisotopic (exact) mass is 417 g/mol. The van der Waals surface area contributed by atoms with Gasteiger partial charge in [-0.1, -0.05) is 78.4 Å². The summed E-state index contributed by atoms with van der Waals surface area (Å²) in [5.74, 6) is 0. The lowest BCUT2D eigenvalue weighted by Crippen LogP contribution is -1.97. The molecule has 0 saturated carbocycles. The fourth-order valence-corrected chi connectivity index (χ4v) is 4.21. The van der Waals surface area contributed by atoms with E-state index in [1.165, 1.54) is 55.8 Å². The minimum Gasteiger partial charge on any atom is -0.355 e. The molecule has 0 aliphatic rings. The number of anilines is 2. The second kappa shape index (κ2) is 9.28. The molecule has 4 aromatic carbocycles. The molecule has 0 aromatic heterocycles. The van der Waals surface area contributed by atoms with Crippen molar-refractivity contribution >= 4 is 23.0 Å². The molecule has 0 atom stereocenters. The van der Waals surface area contributed by atoms with Crippen LogP contribution in [0.4, 0.5) is 11.4 Å². The predicted molar refractivity (Wildman–Crippen MR) is 140 cm³/mol. The van der Waals surface area contributed by atoms with Crippen LogP contribution in [-0.4, -0.2) is 0 Å². The maximum absolute atomic E-state index is 3.60. The second-order valence-corrected chi connectivity index (χ2v) is 8.74. The topological polar surface area (TPSA) is 12.0 Å². The van der Waals surface area contributed by atoms with E-state index in [1.807, 2.05) is 0 Å². The van der Waals surface area contributed by atoms with E-state index in [0.717, 1.165) is 5.69 Å². The lowest BCUT2D eigenvalue weighted by atomic mass is 9.93. The summed E-state index contributed by atoms with van der Waals surface area (Å²) < 4.78 is 0. The van der Waals surface area contributed by atoms with Gasteiger partial charge in [-0.15, -0.1) is 0 Å². The summed E-state index contributed by atoms with van der Waals surface area (Å²) in [5, 5.41) is 3.60. The van der Waals surface area contributed by atoms with Crippen molar-refractivity contribution in [2.45, 2.75) is 34.6 Å². The van der Waals surface area contributed by atoms with Gasteiger partial charge in [-0.05, 0) is 97.3 Å². The van der Waals surface area contributed by atoms with Crippen molar-refractivity contribution in [1.29, 1.82) is 0 Å². The molecule has 0 aliphatic heterocycles. The van der Waals surface area contributed by atoms with Gasteiger partial charge in [0, 0.05) is 11.4 Å². The molecule has 0 saturated heterocycles. The summed E-state index contributed by atoms with van der Waals surface area (Å²) in [5.41, 5.74) is 13.7. The van der Waals surface area contributed by atoms with Crippen molar-refractivity contribution in [2.75, 3.05) is 5.32 Å². The van der Waals surface area contributed by atoms with Crippen LogP contribution < -0.4 is 5.32 Å². The molecule has 0 bridgehead atoms. The molecule has 1 heteroatoms. The molecule has 0 aliphatic carbocycles. The quantitative estimate of drug-likeness (QED) is 0.321. The first-order valence-corrected chi connectivity index (χ1v) is 11.2. The Bertz CT molecular complexity index is 1240. The van der Waals surface area contributed by atoms with E-state index >= 15 is 0 Å². The lowest BCUT2D eigenvalue weighted by molar-refractivity contribution is 1.31. The third kappa shape index (κ3) is 4.84. The zero-order valence-electron chi connectivity index (χ0n) is 19.7. The molecule has 0 spiro atoms. The lowest BCUT2D eigenvalue weighted by Gasteiger charge is -2.14. The van der Waals surface area contributed by atoms with Crippen LogP contribution in [0, 0.1) is 34.6 Å². The first-order valence-electron chi connectivity index (χ1n) is 11.2. The molecule has 32 heavy (non-hydrogen) atoms. The van der Waals surface area contributed by atoms with Gasteiger partial charge in [-0.2, -0.15) is 0 Å². The molecule has 1 nitrogen and oxygen atoms in total. The Morgan fingerprint density at radius 1 is 0.594 bits per heavy atom. The van der Waals surface area contributed by atoms with Crippen molar-refractivity contribution in [3.63, 3.8) is 0 Å². The molecule has 0 radical (unpaired) electrons. The van der Waals surface area contributed by atoms with E-state index in [9.17, 15) is 0 Å². The highest BCUT2D eigenvalue weighted by Gasteiger charge is 2.08. The van der Waals surface area contributed by atoms with E-state index in [2.05, 4.69) is 131 Å². The Hall–Kier alpha value is -3.58. The van der Waals surface area contributed by atoms with Crippen LogP contribution in [0.3, 0.4) is 0 Å². The normalized spacial score (nSPS) is 11.5. The molecule has 0 unspecified atom stereocenters. The Labute approximate surface area is 192 Å². The summed E-state index contributed by atoms with van der Waals surface area (Å²) in [7, 11) is 0. The van der Waals surface area contributed by atoms with E-state index < -0.39 is 0 Å². The zero-order valence-corrected chi connectivity index (χ0v) is 19.7. The van der Waals surface area contributed by atoms with Gasteiger partial charge in [0.1, 0.15) is 0 Å². The predicted octanol–water partition coefficient (Wildman–Crippen LogP) is 8.56. The minimum absolute atomic E-state index is 1.10. The fourth-order valence-electron chi connectivity index (χ4n) is 4.21. The largest absolute Gasteiger partial charge is 0.355 e. The molecule has 0 heterocycles. The fraction of sp³-hybridized carbons (Fsp3) is 0.161. The molecule has 4 rings (SSSR count). The molecule has 1 N–H and O–H groups in total. The standard InChI is InChI=1S/C31H31N/c1-21-17-24(4)31(25(5)18-21)32-29-15-12-26(13-16-29)20-30(27-9-7-6-8-10-27)28-14-11-22(2)23(3)19-28/h6-20,32H,1-5H3. The number of nitrogens with one attached hydrogen (secondary N) is 1. The Morgan fingerprint density at radius 2 is 1.25 bits per heavy atom. The number of benzene rings is 4. The molecule has 4 aromatic rings. The first kappa shape index (κ1) is 21.6.